The van der Waals surface area contributed by atoms with E-state index in [1.165, 1.54) is 0 Å². The Bertz CT molecular complexity index is 810. The number of benzene rings is 1. The average molecular weight is 261 g/mol. The number of ketones is 1. The predicted molar refractivity (Wildman–Crippen MR) is 76.1 cm³/mol. The van der Waals surface area contributed by atoms with Crippen LogP contribution in [0.15, 0.2) is 48.8 Å². The van der Waals surface area contributed by atoms with Gasteiger partial charge in [0, 0.05) is 23.3 Å². The second-order valence-electron chi connectivity index (χ2n) is 4.43. The zero-order valence-corrected chi connectivity index (χ0v) is 10.6. The summed E-state index contributed by atoms with van der Waals surface area (Å²) in [6.45, 7) is 0. The Morgan fingerprint density at radius 2 is 2.00 bits per heavy atom. The smallest absolute Gasteiger partial charge is 0.176 e. The van der Waals surface area contributed by atoms with Gasteiger partial charge in [-0.2, -0.15) is 5.26 Å². The van der Waals surface area contributed by atoms with Crippen molar-refractivity contribution in [3.8, 4) is 17.2 Å². The summed E-state index contributed by atoms with van der Waals surface area (Å²) >= 11 is 0. The van der Waals surface area contributed by atoms with E-state index in [1.54, 1.807) is 18.3 Å². The fraction of sp³-hybridized carbons (Fsp3) is 0.0625. The molecule has 3 aromatic rings. The minimum absolute atomic E-state index is 0.0866. The average Bonchev–Trinajstić information content (AvgIpc) is 2.96. The van der Waals surface area contributed by atoms with Crippen molar-refractivity contribution in [2.24, 2.45) is 0 Å². The van der Waals surface area contributed by atoms with Gasteiger partial charge >= 0.3 is 0 Å². The van der Waals surface area contributed by atoms with E-state index in [9.17, 15) is 4.79 Å². The monoisotopic (exact) mass is 261 g/mol. The number of nitriles is 1. The lowest BCUT2D eigenvalue weighted by Gasteiger charge is -2.04. The molecule has 0 fully saturated rings. The summed E-state index contributed by atoms with van der Waals surface area (Å²) in [5, 5.41) is 9.59. The maximum absolute atomic E-state index is 11.6. The highest BCUT2D eigenvalue weighted by Gasteiger charge is 2.08. The van der Waals surface area contributed by atoms with E-state index < -0.39 is 0 Å². The molecule has 0 aliphatic carbocycles. The zero-order valence-electron chi connectivity index (χ0n) is 10.6. The molecule has 4 heteroatoms. The van der Waals surface area contributed by atoms with Crippen molar-refractivity contribution in [1.82, 2.24) is 9.97 Å². The lowest BCUT2D eigenvalue weighted by atomic mass is 10.0. The number of Topliss-reactive ketones (excluding diaryl/α,β-unsaturated/α-hetero) is 1. The number of H-pyrrole nitrogens is 1. The van der Waals surface area contributed by atoms with Crippen molar-refractivity contribution in [2.75, 3.05) is 0 Å². The number of hydrogen-bond donors (Lipinski definition) is 1. The maximum Gasteiger partial charge on any atom is 0.176 e. The van der Waals surface area contributed by atoms with Crippen molar-refractivity contribution < 1.29 is 4.79 Å². The highest BCUT2D eigenvalue weighted by Crippen LogP contribution is 2.27. The van der Waals surface area contributed by atoms with Crippen molar-refractivity contribution in [1.29, 1.82) is 5.26 Å². The third-order valence-corrected chi connectivity index (χ3v) is 3.22. The van der Waals surface area contributed by atoms with E-state index in [4.69, 9.17) is 5.26 Å². The van der Waals surface area contributed by atoms with Gasteiger partial charge in [-0.3, -0.25) is 4.79 Å². The molecule has 0 unspecified atom stereocenters. The van der Waals surface area contributed by atoms with E-state index in [0.717, 1.165) is 22.2 Å². The molecule has 4 nitrogen and oxygen atoms in total. The van der Waals surface area contributed by atoms with Gasteiger partial charge in [0.15, 0.2) is 5.78 Å². The summed E-state index contributed by atoms with van der Waals surface area (Å²) in [7, 11) is 0. The molecule has 0 amide bonds. The SMILES string of the molecule is N#CCC(=O)c1ccc(-c2ccnc3[nH]ccc23)cc1. The Kier molecular flexibility index (Phi) is 3.02. The van der Waals surface area contributed by atoms with Crippen LogP contribution in [0.25, 0.3) is 22.2 Å². The number of rotatable bonds is 3. The van der Waals surface area contributed by atoms with Crippen molar-refractivity contribution in [2.45, 2.75) is 6.42 Å². The van der Waals surface area contributed by atoms with E-state index in [1.807, 2.05) is 36.5 Å². The number of aromatic nitrogens is 2. The highest BCUT2D eigenvalue weighted by molar-refractivity contribution is 5.98. The summed E-state index contributed by atoms with van der Waals surface area (Å²) in [5.41, 5.74) is 3.49. The summed E-state index contributed by atoms with van der Waals surface area (Å²) in [6.07, 6.45) is 3.52. The molecular formula is C16H11N3O. The molecule has 1 aromatic carbocycles. The maximum atomic E-state index is 11.6. The largest absolute Gasteiger partial charge is 0.346 e. The van der Waals surface area contributed by atoms with Gasteiger partial charge in [0.05, 0.1) is 12.5 Å². The van der Waals surface area contributed by atoms with E-state index in [-0.39, 0.29) is 12.2 Å². The summed E-state index contributed by atoms with van der Waals surface area (Å²) in [4.78, 5) is 19.0. The standard InChI is InChI=1S/C16H11N3O/c17-8-5-15(20)12-3-1-11(2-4-12)13-6-9-18-16-14(13)7-10-19-16/h1-4,6-7,9-10H,5H2,(H,18,19). The Morgan fingerprint density at radius 1 is 1.20 bits per heavy atom. The first-order chi connectivity index (χ1) is 9.79. The van der Waals surface area contributed by atoms with Crippen LogP contribution < -0.4 is 0 Å². The Hall–Kier alpha value is -2.93. The van der Waals surface area contributed by atoms with Crippen LogP contribution in [0.4, 0.5) is 0 Å². The number of pyridine rings is 1. The first-order valence-electron chi connectivity index (χ1n) is 6.22. The molecule has 96 valence electrons. The van der Waals surface area contributed by atoms with Crippen LogP contribution in [0.2, 0.25) is 0 Å². The van der Waals surface area contributed by atoms with Crippen LogP contribution in [0, 0.1) is 11.3 Å². The van der Waals surface area contributed by atoms with Crippen LogP contribution in [0.5, 0.6) is 0 Å². The molecule has 0 saturated carbocycles. The molecule has 1 N–H and O–H groups in total. The van der Waals surface area contributed by atoms with Crippen molar-refractivity contribution in [3.05, 3.63) is 54.4 Å². The lowest BCUT2D eigenvalue weighted by Crippen LogP contribution is -1.96. The minimum Gasteiger partial charge on any atom is -0.346 e. The summed E-state index contributed by atoms with van der Waals surface area (Å²) in [6, 6.07) is 13.1. The quantitative estimate of drug-likeness (QED) is 0.735. The molecule has 0 aliphatic rings. The van der Waals surface area contributed by atoms with E-state index >= 15 is 0 Å². The number of hydrogen-bond acceptors (Lipinski definition) is 3. The Morgan fingerprint density at radius 3 is 2.75 bits per heavy atom. The number of carbonyl (C=O) groups excluding carboxylic acids is 1. The lowest BCUT2D eigenvalue weighted by molar-refractivity contribution is 0.0998. The molecule has 0 atom stereocenters. The first kappa shape index (κ1) is 12.1. The van der Waals surface area contributed by atoms with Gasteiger partial charge in [0.2, 0.25) is 0 Å². The van der Waals surface area contributed by atoms with Crippen LogP contribution in [-0.2, 0) is 0 Å². The van der Waals surface area contributed by atoms with E-state index in [0.29, 0.717) is 5.56 Å². The zero-order chi connectivity index (χ0) is 13.9. The molecule has 0 spiro atoms. The predicted octanol–water partition coefficient (Wildman–Crippen LogP) is 3.33. The van der Waals surface area contributed by atoms with Gasteiger partial charge < -0.3 is 4.98 Å². The van der Waals surface area contributed by atoms with Crippen LogP contribution >= 0.6 is 0 Å². The van der Waals surface area contributed by atoms with Crippen LogP contribution in [0.3, 0.4) is 0 Å². The molecule has 0 bridgehead atoms. The fourth-order valence-corrected chi connectivity index (χ4v) is 2.22. The number of nitrogens with zero attached hydrogens (tertiary/aromatic N) is 2. The number of aromatic amines is 1. The second-order valence-corrected chi connectivity index (χ2v) is 4.43. The van der Waals surface area contributed by atoms with Gasteiger partial charge in [-0.05, 0) is 23.3 Å². The molecule has 20 heavy (non-hydrogen) atoms. The number of carbonyl (C=O) groups is 1. The van der Waals surface area contributed by atoms with Crippen LogP contribution in [-0.4, -0.2) is 15.8 Å². The fourth-order valence-electron chi connectivity index (χ4n) is 2.22. The number of nitrogens with one attached hydrogen (secondary N) is 1. The molecule has 0 aliphatic heterocycles. The molecular weight excluding hydrogens is 250 g/mol. The topological polar surface area (TPSA) is 69.5 Å². The number of fused-ring (bicyclic) bond motifs is 1. The van der Waals surface area contributed by atoms with Gasteiger partial charge in [0.1, 0.15) is 5.65 Å². The molecule has 0 saturated heterocycles. The Balaban J connectivity index is 2.01. The highest BCUT2D eigenvalue weighted by atomic mass is 16.1. The summed E-state index contributed by atoms with van der Waals surface area (Å²) < 4.78 is 0. The molecule has 0 radical (unpaired) electrons. The molecule has 2 aromatic heterocycles. The molecule has 3 rings (SSSR count). The third kappa shape index (κ3) is 2.06. The Labute approximate surface area is 115 Å². The van der Waals surface area contributed by atoms with Gasteiger partial charge in [0.25, 0.3) is 0 Å². The van der Waals surface area contributed by atoms with Crippen LogP contribution in [0.1, 0.15) is 16.8 Å². The third-order valence-electron chi connectivity index (χ3n) is 3.22. The normalized spacial score (nSPS) is 10.3. The van der Waals surface area contributed by atoms with Gasteiger partial charge in [-0.1, -0.05) is 24.3 Å². The minimum atomic E-state index is -0.152. The summed E-state index contributed by atoms with van der Waals surface area (Å²) in [5.74, 6) is -0.152. The van der Waals surface area contributed by atoms with Crippen molar-refractivity contribution in [3.63, 3.8) is 0 Å². The first-order valence-corrected chi connectivity index (χ1v) is 6.22. The second kappa shape index (κ2) is 4.98. The van der Waals surface area contributed by atoms with E-state index in [2.05, 4.69) is 9.97 Å². The van der Waals surface area contributed by atoms with Gasteiger partial charge in [-0.25, -0.2) is 4.98 Å². The van der Waals surface area contributed by atoms with Crippen molar-refractivity contribution >= 4 is 16.8 Å². The molecule has 2 heterocycles. The van der Waals surface area contributed by atoms with Gasteiger partial charge in [-0.15, -0.1) is 0 Å².